The van der Waals surface area contributed by atoms with Gasteiger partial charge in [0.2, 0.25) is 0 Å². The summed E-state index contributed by atoms with van der Waals surface area (Å²) < 4.78 is 14.4. The van der Waals surface area contributed by atoms with E-state index in [9.17, 15) is 14.7 Å². The van der Waals surface area contributed by atoms with Crippen molar-refractivity contribution in [1.82, 2.24) is 4.72 Å². The highest BCUT2D eigenvalue weighted by atomic mass is 32.2. The lowest BCUT2D eigenvalue weighted by molar-refractivity contribution is 0.0977. The van der Waals surface area contributed by atoms with Crippen LogP contribution in [0.1, 0.15) is 45.2 Å². The Morgan fingerprint density at radius 3 is 2.33 bits per heavy atom. The van der Waals surface area contributed by atoms with Gasteiger partial charge in [0.05, 0.1) is 16.8 Å². The van der Waals surface area contributed by atoms with Gasteiger partial charge in [0.25, 0.3) is 0 Å². The van der Waals surface area contributed by atoms with Gasteiger partial charge in [0, 0.05) is 41.8 Å². The Morgan fingerprint density at radius 1 is 1.00 bits per heavy atom. The minimum atomic E-state index is -0.439. The number of nitrogens with two attached hydrogens (primary N) is 1. The molecule has 170 valence electrons. The Kier molecular flexibility index (Phi) is 6.98. The smallest absolute Gasteiger partial charge is 0.198 e. The predicted molar refractivity (Wildman–Crippen MR) is 127 cm³/mol. The van der Waals surface area contributed by atoms with Crippen molar-refractivity contribution in [3.05, 3.63) is 76.9 Å². The van der Waals surface area contributed by atoms with Crippen LogP contribution in [0.3, 0.4) is 0 Å². The molecule has 0 saturated heterocycles. The molecule has 7 nitrogen and oxygen atoms in total. The van der Waals surface area contributed by atoms with Gasteiger partial charge in [0.1, 0.15) is 11.5 Å². The lowest BCUT2D eigenvalue weighted by Gasteiger charge is -2.21. The third-order valence-electron chi connectivity index (χ3n) is 5.19. The Labute approximate surface area is 196 Å². The number of hydrogen-bond acceptors (Lipinski definition) is 8. The Bertz CT molecular complexity index is 1190. The summed E-state index contributed by atoms with van der Waals surface area (Å²) in [5, 5.41) is 10.5. The summed E-state index contributed by atoms with van der Waals surface area (Å²) in [5.74, 6) is -0.602. The average Bonchev–Trinajstić information content (AvgIpc) is 2.83. The fourth-order valence-corrected chi connectivity index (χ4v) is 4.27. The second-order valence-corrected chi connectivity index (χ2v) is 8.35. The molecular weight excluding hydrogens is 440 g/mol. The molecule has 8 heteroatoms. The number of benzene rings is 3. The molecule has 3 aromatic rings. The first-order chi connectivity index (χ1) is 16.0. The number of rotatable bonds is 9. The van der Waals surface area contributed by atoms with E-state index in [1.54, 1.807) is 36.4 Å². The quantitative estimate of drug-likeness (QED) is 0.143. The summed E-state index contributed by atoms with van der Waals surface area (Å²) in [5.41, 5.74) is 6.64. The number of ether oxygens (including phenoxy) is 2. The number of phenolic OH excluding ortho intramolecular Hbond substituents is 1. The highest BCUT2D eigenvalue weighted by Crippen LogP contribution is 2.42. The van der Waals surface area contributed by atoms with E-state index in [2.05, 4.69) is 4.72 Å². The first-order valence-corrected chi connectivity index (χ1v) is 11.4. The van der Waals surface area contributed by atoms with Crippen molar-refractivity contribution < 1.29 is 24.2 Å². The summed E-state index contributed by atoms with van der Waals surface area (Å²) in [6.07, 6.45) is 0.925. The molecule has 1 aliphatic rings. The molecule has 0 amide bonds. The zero-order valence-corrected chi connectivity index (χ0v) is 18.9. The van der Waals surface area contributed by atoms with Gasteiger partial charge in [-0.2, -0.15) is 0 Å². The van der Waals surface area contributed by atoms with Crippen molar-refractivity contribution in [2.45, 2.75) is 18.2 Å². The second kappa shape index (κ2) is 10.1. The molecule has 0 atom stereocenters. The highest BCUT2D eigenvalue weighted by molar-refractivity contribution is 7.97. The van der Waals surface area contributed by atoms with Crippen LogP contribution in [-0.4, -0.2) is 36.4 Å². The third-order valence-corrected chi connectivity index (χ3v) is 6.05. The minimum absolute atomic E-state index is 0.0186. The molecule has 4 rings (SSSR count). The van der Waals surface area contributed by atoms with Gasteiger partial charge in [-0.05, 0) is 49.6 Å². The van der Waals surface area contributed by atoms with Gasteiger partial charge in [0.15, 0.2) is 17.3 Å². The molecule has 0 heterocycles. The predicted octanol–water partition coefficient (Wildman–Crippen LogP) is 4.57. The number of aromatic hydroxyl groups is 1. The average molecular weight is 465 g/mol. The van der Waals surface area contributed by atoms with E-state index in [0.29, 0.717) is 5.75 Å². The van der Waals surface area contributed by atoms with E-state index in [-0.39, 0.29) is 39.4 Å². The van der Waals surface area contributed by atoms with Crippen molar-refractivity contribution in [2.24, 2.45) is 0 Å². The minimum Gasteiger partial charge on any atom is -0.507 e. The number of ketones is 2. The molecule has 1 aliphatic carbocycles. The molecule has 33 heavy (non-hydrogen) atoms. The first-order valence-electron chi connectivity index (χ1n) is 10.6. The van der Waals surface area contributed by atoms with E-state index in [0.717, 1.165) is 31.1 Å². The van der Waals surface area contributed by atoms with Crippen molar-refractivity contribution in [2.75, 3.05) is 25.5 Å². The summed E-state index contributed by atoms with van der Waals surface area (Å²) in [4.78, 5) is 26.9. The molecule has 0 saturated carbocycles. The van der Waals surface area contributed by atoms with Gasteiger partial charge in [-0.15, -0.1) is 0 Å². The number of hydrogen-bond donors (Lipinski definition) is 3. The van der Waals surface area contributed by atoms with Crippen LogP contribution in [0.4, 0.5) is 5.69 Å². The summed E-state index contributed by atoms with van der Waals surface area (Å²) in [7, 11) is 0. The number of nitrogens with one attached hydrogen (secondary N) is 1. The van der Waals surface area contributed by atoms with Gasteiger partial charge in [-0.1, -0.05) is 24.3 Å². The molecule has 0 bridgehead atoms. The number of phenols is 1. The number of fused-ring (bicyclic) bond motifs is 2. The van der Waals surface area contributed by atoms with Crippen LogP contribution in [0.25, 0.3) is 0 Å². The number of anilines is 1. The molecule has 0 fully saturated rings. The second-order valence-electron chi connectivity index (χ2n) is 7.38. The normalized spacial score (nSPS) is 12.4. The van der Waals surface area contributed by atoms with Gasteiger partial charge in [-0.25, -0.2) is 0 Å². The molecule has 0 unspecified atom stereocenters. The molecule has 0 spiro atoms. The van der Waals surface area contributed by atoms with Crippen LogP contribution >= 0.6 is 11.9 Å². The van der Waals surface area contributed by atoms with Crippen LogP contribution in [0.5, 0.6) is 17.2 Å². The summed E-state index contributed by atoms with van der Waals surface area (Å²) in [6.45, 7) is 4.25. The Balaban J connectivity index is 1.50. The molecule has 3 aromatic carbocycles. The molecule has 0 aliphatic heterocycles. The molecular formula is C25H24N2O5S. The number of carbonyl (C=O) groups is 2. The molecule has 0 radical (unpaired) electrons. The van der Waals surface area contributed by atoms with Crippen molar-refractivity contribution in [3.63, 3.8) is 0 Å². The van der Waals surface area contributed by atoms with E-state index in [1.165, 1.54) is 18.0 Å². The fraction of sp³-hybridized carbons (Fsp3) is 0.200. The molecule has 0 aromatic heterocycles. The first kappa shape index (κ1) is 22.8. The van der Waals surface area contributed by atoms with Crippen LogP contribution < -0.4 is 15.2 Å². The van der Waals surface area contributed by atoms with Crippen LogP contribution in [0.15, 0.2) is 59.5 Å². The topological polar surface area (TPSA) is 111 Å². The van der Waals surface area contributed by atoms with E-state index >= 15 is 0 Å². The van der Waals surface area contributed by atoms with E-state index < -0.39 is 11.6 Å². The van der Waals surface area contributed by atoms with E-state index in [1.807, 2.05) is 19.1 Å². The van der Waals surface area contributed by atoms with E-state index in [4.69, 9.17) is 15.2 Å². The van der Waals surface area contributed by atoms with Crippen molar-refractivity contribution in [1.29, 1.82) is 0 Å². The monoisotopic (exact) mass is 464 g/mol. The summed E-state index contributed by atoms with van der Waals surface area (Å²) in [6, 6.07) is 15.1. The standard InChI is InChI=1S/C25H24N2O5S/c1-2-31-13-5-12-27-33-16-10-8-15(9-11-16)32-20-14-19(28)21-22(23(20)26)25(30)18-7-4-3-6-17(18)24(21)29/h3-4,6-11,14,27-28H,2,5,12-13,26H2,1H3. The maximum Gasteiger partial charge on any atom is 0.198 e. The summed E-state index contributed by atoms with van der Waals surface area (Å²) >= 11 is 1.50. The maximum atomic E-state index is 13.0. The number of nitrogen functional groups attached to an aromatic ring is 1. The zero-order valence-electron chi connectivity index (χ0n) is 18.1. The zero-order chi connectivity index (χ0) is 23.4. The molecule has 4 N–H and O–H groups in total. The number of carbonyl (C=O) groups excluding carboxylic acids is 2. The largest absolute Gasteiger partial charge is 0.507 e. The van der Waals surface area contributed by atoms with Crippen LogP contribution in [0, 0.1) is 0 Å². The van der Waals surface area contributed by atoms with Gasteiger partial charge >= 0.3 is 0 Å². The van der Waals surface area contributed by atoms with Gasteiger partial charge in [-0.3, -0.25) is 14.3 Å². The van der Waals surface area contributed by atoms with Crippen molar-refractivity contribution >= 4 is 29.2 Å². The SMILES string of the molecule is CCOCCCNSc1ccc(Oc2cc(O)c3c(c2N)C(=O)c2ccccc2C3=O)cc1. The van der Waals surface area contributed by atoms with Gasteiger partial charge < -0.3 is 20.3 Å². The lowest BCUT2D eigenvalue weighted by atomic mass is 9.82. The highest BCUT2D eigenvalue weighted by Gasteiger charge is 2.35. The Hall–Kier alpha value is -3.33. The maximum absolute atomic E-state index is 13.0. The third kappa shape index (κ3) is 4.73. The van der Waals surface area contributed by atoms with Crippen LogP contribution in [0.2, 0.25) is 0 Å². The van der Waals surface area contributed by atoms with Crippen molar-refractivity contribution in [3.8, 4) is 17.2 Å². The fourth-order valence-electron chi connectivity index (χ4n) is 3.59. The van der Waals surface area contributed by atoms with Crippen LogP contribution in [-0.2, 0) is 4.74 Å². The lowest BCUT2D eigenvalue weighted by Crippen LogP contribution is -2.22. The Morgan fingerprint density at radius 2 is 1.67 bits per heavy atom.